The first-order valence-electron chi connectivity index (χ1n) is 11.4. The summed E-state index contributed by atoms with van der Waals surface area (Å²) in [6.07, 6.45) is 1.45. The number of carbonyl (C=O) groups is 2. The Kier molecular flexibility index (Phi) is 7.07. The summed E-state index contributed by atoms with van der Waals surface area (Å²) in [7, 11) is 0. The molecule has 0 radical (unpaired) electrons. The van der Waals surface area contributed by atoms with Gasteiger partial charge in [0.05, 0.1) is 43.7 Å². The van der Waals surface area contributed by atoms with Crippen molar-refractivity contribution in [3.63, 3.8) is 0 Å². The summed E-state index contributed by atoms with van der Waals surface area (Å²) in [5.41, 5.74) is 4.63. The van der Waals surface area contributed by atoms with Gasteiger partial charge in [-0.05, 0) is 56.0 Å². The monoisotopic (exact) mass is 438 g/mol. The molecule has 2 aromatic rings. The molecule has 2 N–H and O–H groups in total. The minimum Gasteiger partial charge on any atom is -0.447 e. The van der Waals surface area contributed by atoms with Gasteiger partial charge in [-0.1, -0.05) is 24.3 Å². The van der Waals surface area contributed by atoms with Gasteiger partial charge in [0.2, 0.25) is 5.91 Å². The molecule has 7 heteroatoms. The summed E-state index contributed by atoms with van der Waals surface area (Å²) in [5, 5.41) is 2.79. The fraction of sp³-hybridized carbons (Fsp3) is 0.440. The molecule has 2 aliphatic heterocycles. The molecule has 2 aromatic carbocycles. The Morgan fingerprint density at radius 3 is 2.53 bits per heavy atom. The molecule has 0 unspecified atom stereocenters. The first-order valence-corrected chi connectivity index (χ1v) is 11.4. The predicted octanol–water partition coefficient (Wildman–Crippen LogP) is 2.71. The van der Waals surface area contributed by atoms with Crippen molar-refractivity contribution in [2.24, 2.45) is 0 Å². The summed E-state index contributed by atoms with van der Waals surface area (Å²) >= 11 is 0. The van der Waals surface area contributed by atoms with Crippen molar-refractivity contribution in [2.45, 2.75) is 39.2 Å². The second-order valence-corrected chi connectivity index (χ2v) is 8.64. The molecule has 1 saturated heterocycles. The smallest absolute Gasteiger partial charge is 0.411 e. The van der Waals surface area contributed by atoms with Crippen molar-refractivity contribution in [3.8, 4) is 0 Å². The second kappa shape index (κ2) is 10.1. The lowest BCUT2D eigenvalue weighted by atomic mass is 10.0. The Balaban J connectivity index is 1.62. The Bertz CT molecular complexity index is 969. The fourth-order valence-electron chi connectivity index (χ4n) is 4.34. The largest absolute Gasteiger partial charge is 0.447 e. The van der Waals surface area contributed by atoms with Crippen molar-refractivity contribution < 1.29 is 24.0 Å². The van der Waals surface area contributed by atoms with Gasteiger partial charge in [-0.2, -0.15) is 0 Å². The molecule has 0 aliphatic carbocycles. The van der Waals surface area contributed by atoms with Crippen LogP contribution in [-0.4, -0.2) is 51.0 Å². The lowest BCUT2D eigenvalue weighted by molar-refractivity contribution is -0.907. The molecule has 2 aliphatic rings. The highest BCUT2D eigenvalue weighted by atomic mass is 16.6. The first-order chi connectivity index (χ1) is 15.5. The van der Waals surface area contributed by atoms with Crippen LogP contribution in [0.2, 0.25) is 0 Å². The second-order valence-electron chi connectivity index (χ2n) is 8.64. The number of benzene rings is 2. The zero-order valence-electron chi connectivity index (χ0n) is 18.9. The van der Waals surface area contributed by atoms with Gasteiger partial charge in [0.1, 0.15) is 13.1 Å². The summed E-state index contributed by atoms with van der Waals surface area (Å²) in [4.78, 5) is 28.9. The van der Waals surface area contributed by atoms with E-state index in [1.54, 1.807) is 0 Å². The molecule has 170 valence electrons. The molecule has 0 bridgehead atoms. The number of nitrogens with one attached hydrogen (secondary N) is 2. The molecule has 2 amide bonds. The minimum absolute atomic E-state index is 0.0708. The van der Waals surface area contributed by atoms with Crippen molar-refractivity contribution in [1.82, 2.24) is 0 Å². The number of fused-ring (bicyclic) bond motifs is 2. The molecule has 1 fully saturated rings. The van der Waals surface area contributed by atoms with Gasteiger partial charge in [0.15, 0.2) is 0 Å². The fourth-order valence-corrected chi connectivity index (χ4v) is 4.34. The van der Waals surface area contributed by atoms with Crippen LogP contribution in [0.1, 0.15) is 31.4 Å². The summed E-state index contributed by atoms with van der Waals surface area (Å²) in [6, 6.07) is 13.9. The number of para-hydroxylation sites is 1. The van der Waals surface area contributed by atoms with E-state index >= 15 is 0 Å². The third-order valence-corrected chi connectivity index (χ3v) is 5.95. The van der Waals surface area contributed by atoms with Crippen molar-refractivity contribution in [3.05, 3.63) is 53.6 Å². The molecule has 0 atom stereocenters. The maximum atomic E-state index is 13.6. The number of ether oxygens (including phenoxy) is 2. The molecule has 32 heavy (non-hydrogen) atoms. The molecular weight excluding hydrogens is 406 g/mol. The molecular formula is C25H32N3O4+. The Morgan fingerprint density at radius 1 is 1.06 bits per heavy atom. The zero-order valence-corrected chi connectivity index (χ0v) is 18.9. The van der Waals surface area contributed by atoms with Gasteiger partial charge < -0.3 is 14.4 Å². The maximum Gasteiger partial charge on any atom is 0.411 e. The van der Waals surface area contributed by atoms with Crippen LogP contribution in [0, 0.1) is 0 Å². The summed E-state index contributed by atoms with van der Waals surface area (Å²) in [5.74, 6) is 0.0708. The van der Waals surface area contributed by atoms with Gasteiger partial charge in [-0.3, -0.25) is 15.0 Å². The van der Waals surface area contributed by atoms with Gasteiger partial charge >= 0.3 is 6.09 Å². The van der Waals surface area contributed by atoms with Crippen molar-refractivity contribution >= 4 is 29.1 Å². The van der Waals surface area contributed by atoms with E-state index in [1.807, 2.05) is 55.1 Å². The number of carbonyl (C=O) groups excluding carboxylic acids is 2. The number of rotatable bonds is 5. The molecule has 0 spiro atoms. The first kappa shape index (κ1) is 22.3. The van der Waals surface area contributed by atoms with E-state index in [0.29, 0.717) is 12.1 Å². The Labute approximate surface area is 189 Å². The highest BCUT2D eigenvalue weighted by Gasteiger charge is 2.27. The van der Waals surface area contributed by atoms with E-state index in [-0.39, 0.29) is 12.0 Å². The lowest BCUT2D eigenvalue weighted by Crippen LogP contribution is -3.14. The molecule has 7 nitrogen and oxygen atoms in total. The van der Waals surface area contributed by atoms with Gasteiger partial charge in [-0.25, -0.2) is 4.79 Å². The number of aryl methyl sites for hydroxylation is 2. The van der Waals surface area contributed by atoms with E-state index in [4.69, 9.17) is 9.47 Å². The average molecular weight is 439 g/mol. The average Bonchev–Trinajstić information content (AvgIpc) is 2.94. The Hall–Kier alpha value is -2.90. The van der Waals surface area contributed by atoms with Crippen LogP contribution < -0.4 is 15.1 Å². The normalized spacial score (nSPS) is 16.2. The predicted molar refractivity (Wildman–Crippen MR) is 124 cm³/mol. The number of anilines is 3. The van der Waals surface area contributed by atoms with Crippen LogP contribution in [0.3, 0.4) is 0 Å². The molecule has 0 aromatic heterocycles. The maximum absolute atomic E-state index is 13.6. The van der Waals surface area contributed by atoms with Crippen LogP contribution in [0.25, 0.3) is 0 Å². The van der Waals surface area contributed by atoms with Crippen LogP contribution in [0.5, 0.6) is 0 Å². The van der Waals surface area contributed by atoms with E-state index in [2.05, 4.69) is 11.4 Å². The number of quaternary nitrogens is 1. The SMILES string of the molecule is CC(C)OC(=O)Nc1ccc2c(c1)N(C(=O)CC[NH+]1CCOCC1)c1ccccc1CC2. The van der Waals surface area contributed by atoms with Crippen molar-refractivity contribution in [2.75, 3.05) is 43.1 Å². The highest BCUT2D eigenvalue weighted by molar-refractivity contribution is 6.03. The van der Waals surface area contributed by atoms with Gasteiger partial charge in [-0.15, -0.1) is 0 Å². The minimum atomic E-state index is -0.497. The molecule has 0 saturated carbocycles. The quantitative estimate of drug-likeness (QED) is 0.753. The number of morpholine rings is 1. The van der Waals surface area contributed by atoms with Gasteiger partial charge in [0.25, 0.3) is 0 Å². The van der Waals surface area contributed by atoms with Crippen LogP contribution in [0.4, 0.5) is 21.9 Å². The van der Waals surface area contributed by atoms with Gasteiger partial charge in [0, 0.05) is 5.69 Å². The van der Waals surface area contributed by atoms with Crippen LogP contribution >= 0.6 is 0 Å². The molecule has 2 heterocycles. The number of hydrogen-bond donors (Lipinski definition) is 2. The topological polar surface area (TPSA) is 72.3 Å². The summed E-state index contributed by atoms with van der Waals surface area (Å²) in [6.45, 7) is 7.78. The Morgan fingerprint density at radius 2 is 1.78 bits per heavy atom. The standard InChI is InChI=1S/C25H31N3O4/c1-18(2)32-25(30)26-21-10-9-20-8-7-19-5-3-4-6-22(19)28(23(20)17-21)24(29)11-12-27-13-15-31-16-14-27/h3-6,9-10,17-18H,7-8,11-16H2,1-2H3,(H,26,30)/p+1. The lowest BCUT2D eigenvalue weighted by Gasteiger charge is -2.28. The van der Waals surface area contributed by atoms with Crippen LogP contribution in [0.15, 0.2) is 42.5 Å². The van der Waals surface area contributed by atoms with Crippen LogP contribution in [-0.2, 0) is 27.1 Å². The van der Waals surface area contributed by atoms with E-state index < -0.39 is 6.09 Å². The van der Waals surface area contributed by atoms with Crippen molar-refractivity contribution in [1.29, 1.82) is 0 Å². The summed E-state index contributed by atoms with van der Waals surface area (Å²) < 4.78 is 10.7. The zero-order chi connectivity index (χ0) is 22.5. The van der Waals surface area contributed by atoms with E-state index in [9.17, 15) is 9.59 Å². The highest BCUT2D eigenvalue weighted by Crippen LogP contribution is 2.38. The number of amides is 2. The van der Waals surface area contributed by atoms with E-state index in [0.717, 1.165) is 68.2 Å². The third kappa shape index (κ3) is 5.29. The van der Waals surface area contributed by atoms with E-state index in [1.165, 1.54) is 4.90 Å². The molecule has 4 rings (SSSR count). The number of nitrogens with zero attached hydrogens (tertiary/aromatic N) is 1. The third-order valence-electron chi connectivity index (χ3n) is 5.95. The number of hydrogen-bond acceptors (Lipinski definition) is 4.